The highest BCUT2D eigenvalue weighted by atomic mass is 32.2. The smallest absolute Gasteiger partial charge is 0.246 e. The zero-order chi connectivity index (χ0) is 34.9. The van der Waals surface area contributed by atoms with E-state index in [1.807, 2.05) is 24.3 Å². The molecule has 2 unspecified atom stereocenters. The van der Waals surface area contributed by atoms with Crippen LogP contribution < -0.4 is 16.0 Å². The minimum Gasteiger partial charge on any atom is -0.370 e. The number of nitrogens with zero attached hydrogens (tertiary/aromatic N) is 1. The monoisotopic (exact) mass is 686 g/mol. The van der Waals surface area contributed by atoms with Crippen LogP contribution in [-0.4, -0.2) is 95.6 Å². The van der Waals surface area contributed by atoms with Gasteiger partial charge in [-0.2, -0.15) is 0 Å². The molecule has 1 heterocycles. The molecule has 3 rings (SSSR count). The average Bonchev–Trinajstić information content (AvgIpc) is 3.32. The first-order valence-corrected chi connectivity index (χ1v) is 17.5. The second-order valence-corrected chi connectivity index (χ2v) is 13.3. The summed E-state index contributed by atoms with van der Waals surface area (Å²) < 4.78 is 5.31. The summed E-state index contributed by atoms with van der Waals surface area (Å²) in [6.45, 7) is 1.73. The number of likely N-dealkylation sites (tertiary alicyclic amines) is 1. The van der Waals surface area contributed by atoms with Gasteiger partial charge in [-0.25, -0.2) is 0 Å². The summed E-state index contributed by atoms with van der Waals surface area (Å²) in [6, 6.07) is 7.27. The van der Waals surface area contributed by atoms with E-state index < -0.39 is 35.4 Å². The van der Waals surface area contributed by atoms with Gasteiger partial charge in [0.1, 0.15) is 30.5 Å². The molecule has 13 nitrogen and oxygen atoms in total. The Bertz CT molecular complexity index is 1330. The summed E-state index contributed by atoms with van der Waals surface area (Å²) in [5, 5.41) is 7.33. The van der Waals surface area contributed by atoms with Crippen molar-refractivity contribution in [1.29, 1.82) is 0 Å². The number of hydrogen-bond acceptors (Lipinski definition) is 10. The zero-order valence-corrected chi connectivity index (χ0v) is 28.3. The molecule has 1 aliphatic carbocycles. The second-order valence-electron chi connectivity index (χ2n) is 12.1. The number of unbranched alkanes of at least 4 members (excludes halogenated alkanes) is 2. The molecule has 2 aliphatic rings. The number of Topliss-reactive ketones (excluding diaryl/α,β-unsaturated/α-hetero) is 3. The molecule has 2 atom stereocenters. The number of rotatable bonds is 21. The number of benzene rings is 1. The highest BCUT2D eigenvalue weighted by molar-refractivity contribution is 8.01. The van der Waals surface area contributed by atoms with Crippen molar-refractivity contribution in [3.8, 4) is 0 Å². The molecule has 0 bridgehead atoms. The summed E-state index contributed by atoms with van der Waals surface area (Å²) in [6.07, 6.45) is 5.89. The van der Waals surface area contributed by atoms with Gasteiger partial charge in [0.15, 0.2) is 0 Å². The molecule has 0 radical (unpaired) electrons. The molecule has 5 amide bonds. The lowest BCUT2D eigenvalue weighted by atomic mass is 9.83. The summed E-state index contributed by atoms with van der Waals surface area (Å²) >= 11 is 1.06. The predicted octanol–water partition coefficient (Wildman–Crippen LogP) is 1.43. The Morgan fingerprint density at radius 2 is 1.60 bits per heavy atom. The number of amides is 5. The van der Waals surface area contributed by atoms with E-state index in [1.54, 1.807) is 6.92 Å². The van der Waals surface area contributed by atoms with E-state index >= 15 is 0 Å². The van der Waals surface area contributed by atoms with E-state index in [0.29, 0.717) is 25.8 Å². The fourth-order valence-electron chi connectivity index (χ4n) is 5.38. The fraction of sp³-hybridized carbons (Fsp3) is 0.588. The maximum absolute atomic E-state index is 12.6. The van der Waals surface area contributed by atoms with E-state index in [1.165, 1.54) is 0 Å². The Morgan fingerprint density at radius 3 is 2.33 bits per heavy atom. The van der Waals surface area contributed by atoms with E-state index in [0.717, 1.165) is 59.9 Å². The molecular weight excluding hydrogens is 640 g/mol. The van der Waals surface area contributed by atoms with Crippen LogP contribution in [0.1, 0.15) is 75.8 Å². The third-order valence-electron chi connectivity index (χ3n) is 8.08. The molecule has 2 fully saturated rings. The summed E-state index contributed by atoms with van der Waals surface area (Å²) in [4.78, 5) is 97.9. The maximum Gasteiger partial charge on any atom is 0.246 e. The average molecular weight is 687 g/mol. The fourth-order valence-corrected chi connectivity index (χ4v) is 6.37. The first kappa shape index (κ1) is 38.5. The second kappa shape index (κ2) is 20.5. The zero-order valence-electron chi connectivity index (χ0n) is 27.5. The van der Waals surface area contributed by atoms with Gasteiger partial charge in [-0.1, -0.05) is 37.1 Å². The molecule has 1 saturated carbocycles. The number of hydrogen-bond donors (Lipinski definition) is 3. The Kier molecular flexibility index (Phi) is 16.4. The van der Waals surface area contributed by atoms with Gasteiger partial charge >= 0.3 is 0 Å². The molecule has 262 valence electrons. The van der Waals surface area contributed by atoms with Crippen LogP contribution in [0.4, 0.5) is 0 Å². The van der Waals surface area contributed by atoms with Gasteiger partial charge in [0.05, 0.1) is 23.5 Å². The van der Waals surface area contributed by atoms with Gasteiger partial charge in [-0.05, 0) is 43.7 Å². The van der Waals surface area contributed by atoms with Gasteiger partial charge in [0, 0.05) is 45.3 Å². The van der Waals surface area contributed by atoms with Crippen molar-refractivity contribution in [3.05, 3.63) is 35.4 Å². The highest BCUT2D eigenvalue weighted by Crippen LogP contribution is 2.25. The third kappa shape index (κ3) is 13.7. The molecule has 48 heavy (non-hydrogen) atoms. The molecular formula is C34H46N4O9S. The van der Waals surface area contributed by atoms with Gasteiger partial charge in [0.25, 0.3) is 0 Å². The topological polar surface area (TPSA) is 185 Å². The first-order chi connectivity index (χ1) is 23.0. The molecule has 1 aromatic carbocycles. The number of ether oxygens (including phenoxy) is 1. The summed E-state index contributed by atoms with van der Waals surface area (Å²) in [5.74, 6) is -2.47. The Morgan fingerprint density at radius 1 is 0.875 bits per heavy atom. The van der Waals surface area contributed by atoms with Gasteiger partial charge < -0.3 is 25.5 Å². The van der Waals surface area contributed by atoms with Crippen molar-refractivity contribution in [3.63, 3.8) is 0 Å². The lowest BCUT2D eigenvalue weighted by Crippen LogP contribution is -2.42. The number of ketones is 3. The van der Waals surface area contributed by atoms with Crippen LogP contribution in [0, 0.1) is 5.92 Å². The molecule has 14 heteroatoms. The van der Waals surface area contributed by atoms with E-state index in [2.05, 4.69) is 16.0 Å². The molecule has 0 spiro atoms. The summed E-state index contributed by atoms with van der Waals surface area (Å²) in [5.41, 5.74) is 1.66. The lowest BCUT2D eigenvalue weighted by molar-refractivity contribution is -0.142. The van der Waals surface area contributed by atoms with Crippen molar-refractivity contribution in [1.82, 2.24) is 20.9 Å². The third-order valence-corrected chi connectivity index (χ3v) is 9.28. The lowest BCUT2D eigenvalue weighted by Gasteiger charge is -2.19. The van der Waals surface area contributed by atoms with Gasteiger partial charge in [-0.3, -0.25) is 38.5 Å². The number of thioether (sulfide) groups is 1. The minimum atomic E-state index is -0.728. The Hall–Kier alpha value is -3.91. The van der Waals surface area contributed by atoms with Crippen molar-refractivity contribution >= 4 is 58.6 Å². The van der Waals surface area contributed by atoms with Crippen LogP contribution in [-0.2, 0) is 56.1 Å². The highest BCUT2D eigenvalue weighted by Gasteiger charge is 2.40. The van der Waals surface area contributed by atoms with E-state index in [-0.39, 0.29) is 74.1 Å². The Balaban J connectivity index is 1.23. The number of carbonyl (C=O) groups excluding carboxylic acids is 8. The summed E-state index contributed by atoms with van der Waals surface area (Å²) in [7, 11) is 0. The largest absolute Gasteiger partial charge is 0.370 e. The molecule has 0 aromatic heterocycles. The van der Waals surface area contributed by atoms with Crippen LogP contribution in [0.15, 0.2) is 24.3 Å². The number of carbonyl (C=O) groups is 8. The van der Waals surface area contributed by atoms with Crippen LogP contribution in [0.25, 0.3) is 0 Å². The van der Waals surface area contributed by atoms with Crippen molar-refractivity contribution in [2.75, 3.05) is 38.6 Å². The quantitative estimate of drug-likeness (QED) is 0.0971. The van der Waals surface area contributed by atoms with Crippen LogP contribution in [0.5, 0.6) is 0 Å². The van der Waals surface area contributed by atoms with E-state index in [4.69, 9.17) is 4.74 Å². The van der Waals surface area contributed by atoms with Gasteiger partial charge in [0.2, 0.25) is 29.5 Å². The molecule has 3 N–H and O–H groups in total. The standard InChI is InChI=1S/C34H46N4O9S/c1-23(39)7-3-2-6-14-35-32(44)22-48-29-18-33(45)38(34(29)46)20-30(42)36-15-16-47-21-31(43)37-19-25-12-10-24(11-13-25)17-28(41)26-8-4-5-9-27(26)40/h10-13,26,29H,2-9,14-22H2,1H3,(H,35,44)(H,36,42)(H,37,43). The minimum absolute atomic E-state index is 0.0148. The van der Waals surface area contributed by atoms with Crippen molar-refractivity contribution in [2.45, 2.75) is 82.9 Å². The normalized spacial score (nSPS) is 17.7. The number of imide groups is 1. The molecule has 1 aliphatic heterocycles. The van der Waals surface area contributed by atoms with Gasteiger partial charge in [-0.15, -0.1) is 11.8 Å². The first-order valence-electron chi connectivity index (χ1n) is 16.5. The SMILES string of the molecule is CC(=O)CCCCCNC(=O)CSC1CC(=O)N(CC(=O)NCCOCC(=O)NCc2ccc(CC(=O)C3CCCCC3=O)cc2)C1=O. The predicted molar refractivity (Wildman–Crippen MR) is 178 cm³/mol. The molecule has 1 saturated heterocycles. The Labute approximate surface area is 285 Å². The van der Waals surface area contributed by atoms with Crippen LogP contribution in [0.3, 0.4) is 0 Å². The maximum atomic E-state index is 12.6. The van der Waals surface area contributed by atoms with E-state index in [9.17, 15) is 38.4 Å². The molecule has 1 aromatic rings. The number of nitrogens with one attached hydrogen (secondary N) is 3. The van der Waals surface area contributed by atoms with Crippen LogP contribution in [0.2, 0.25) is 0 Å². The van der Waals surface area contributed by atoms with Crippen molar-refractivity contribution < 1.29 is 43.1 Å². The van der Waals surface area contributed by atoms with Crippen molar-refractivity contribution in [2.24, 2.45) is 5.92 Å². The van der Waals surface area contributed by atoms with Crippen LogP contribution >= 0.6 is 11.8 Å².